The van der Waals surface area contributed by atoms with E-state index in [1.807, 2.05) is 38.9 Å². The van der Waals surface area contributed by atoms with Crippen LogP contribution >= 0.6 is 0 Å². The van der Waals surface area contributed by atoms with Gasteiger partial charge in [0.05, 0.1) is 17.7 Å². The Hall–Kier alpha value is -3.12. The van der Waals surface area contributed by atoms with Crippen molar-refractivity contribution in [2.45, 2.75) is 70.5 Å². The molecule has 0 aliphatic carbocycles. The number of amides is 2. The van der Waals surface area contributed by atoms with Gasteiger partial charge in [-0.25, -0.2) is 4.39 Å². The van der Waals surface area contributed by atoms with Crippen LogP contribution in [-0.4, -0.2) is 67.7 Å². The molecule has 7 N–H and O–H groups in total. The molecule has 1 aliphatic rings. The second-order valence-electron chi connectivity index (χ2n) is 11.2. The first-order valence-corrected chi connectivity index (χ1v) is 14.3. The number of ketones is 1. The van der Waals surface area contributed by atoms with Crippen LogP contribution in [0.25, 0.3) is 0 Å². The van der Waals surface area contributed by atoms with Gasteiger partial charge in [-0.15, -0.1) is 0 Å². The molecule has 11 heteroatoms. The Balaban J connectivity index is 1.69. The minimum atomic E-state index is -0.974. The molecule has 0 fully saturated rings. The Morgan fingerprint density at radius 2 is 1.66 bits per heavy atom. The number of nitrogens with one attached hydrogen (secondary N) is 1. The summed E-state index contributed by atoms with van der Waals surface area (Å²) in [4.78, 5) is 40.7. The molecule has 0 unspecified atom stereocenters. The molecular formula is C30H43BFN5O4. The van der Waals surface area contributed by atoms with Crippen molar-refractivity contribution < 1.29 is 23.4 Å². The highest BCUT2D eigenvalue weighted by Crippen LogP contribution is 2.30. The summed E-state index contributed by atoms with van der Waals surface area (Å²) < 4.78 is 19.4. The fraction of sp³-hybridized carbons (Fsp3) is 0.500. The summed E-state index contributed by atoms with van der Waals surface area (Å²) in [6.45, 7) is 7.31. The highest BCUT2D eigenvalue weighted by Gasteiger charge is 2.37. The standard InChI is InChI=1S/C30H43BFN5O4/c1-30(2)23-10-6-21(18-24(23)31(3)41-30)19-27(38)26(12-7-20-4-8-22(32)9-5-20)36-29(40)25(35)11-13-28(39)37(16-14-33)17-15-34/h4-6,8-10,18,25-26H,7,11-17,19,33-35H2,1-3H3,(H,36,40)/t25-,26+/m0/s1. The molecule has 2 aromatic carbocycles. The van der Waals surface area contributed by atoms with Gasteiger partial charge in [0.1, 0.15) is 5.82 Å². The molecule has 0 bridgehead atoms. The summed E-state index contributed by atoms with van der Waals surface area (Å²) >= 11 is 0. The van der Waals surface area contributed by atoms with Gasteiger partial charge in [-0.3, -0.25) is 14.4 Å². The lowest BCUT2D eigenvalue weighted by atomic mass is 9.63. The highest BCUT2D eigenvalue weighted by molar-refractivity contribution is 6.67. The summed E-state index contributed by atoms with van der Waals surface area (Å²) in [5.74, 6) is -1.18. The number of fused-ring (bicyclic) bond motifs is 1. The number of nitrogens with two attached hydrogens (primary N) is 3. The van der Waals surface area contributed by atoms with Gasteiger partial charge in [0.25, 0.3) is 0 Å². The zero-order valence-corrected chi connectivity index (χ0v) is 24.3. The third kappa shape index (κ3) is 8.93. The van der Waals surface area contributed by atoms with E-state index < -0.39 is 23.6 Å². The SMILES string of the molecule is CB1OC(C)(C)c2ccc(CC(=O)[C@@H](CCc3ccc(F)cc3)NC(=O)[C@@H](N)CCC(=O)N(CCN)CCN)cc21. The largest absolute Gasteiger partial charge is 0.422 e. The fourth-order valence-electron chi connectivity index (χ4n) is 5.30. The Morgan fingerprint density at radius 1 is 1.02 bits per heavy atom. The quantitative estimate of drug-likeness (QED) is 0.234. The first kappa shape index (κ1) is 32.4. The summed E-state index contributed by atoms with van der Waals surface area (Å²) in [6.07, 6.45) is 1.08. The van der Waals surface area contributed by atoms with Crippen LogP contribution in [0, 0.1) is 5.82 Å². The molecule has 0 saturated heterocycles. The smallest absolute Gasteiger partial charge is 0.325 e. The Morgan fingerprint density at radius 3 is 2.29 bits per heavy atom. The van der Waals surface area contributed by atoms with Gasteiger partial charge in [0.15, 0.2) is 5.78 Å². The summed E-state index contributed by atoms with van der Waals surface area (Å²) in [5.41, 5.74) is 20.7. The van der Waals surface area contributed by atoms with Crippen molar-refractivity contribution in [2.75, 3.05) is 26.2 Å². The molecular weight excluding hydrogens is 524 g/mol. The summed E-state index contributed by atoms with van der Waals surface area (Å²) in [5, 5.41) is 2.82. The minimum Gasteiger partial charge on any atom is -0.422 e. The maximum atomic E-state index is 13.5. The van der Waals surface area contributed by atoms with E-state index >= 15 is 0 Å². The van der Waals surface area contributed by atoms with E-state index in [9.17, 15) is 18.8 Å². The number of hydrogen-bond donors (Lipinski definition) is 4. The second-order valence-corrected chi connectivity index (χ2v) is 11.2. The van der Waals surface area contributed by atoms with E-state index in [0.717, 1.165) is 22.2 Å². The maximum Gasteiger partial charge on any atom is 0.325 e. The van der Waals surface area contributed by atoms with Gasteiger partial charge in [0.2, 0.25) is 11.8 Å². The summed E-state index contributed by atoms with van der Waals surface area (Å²) in [7, 11) is 0. The zero-order valence-electron chi connectivity index (χ0n) is 24.3. The lowest BCUT2D eigenvalue weighted by molar-refractivity contribution is -0.132. The molecule has 0 aromatic heterocycles. The van der Waals surface area contributed by atoms with Gasteiger partial charge < -0.3 is 32.1 Å². The van der Waals surface area contributed by atoms with Crippen molar-refractivity contribution in [3.8, 4) is 0 Å². The van der Waals surface area contributed by atoms with Gasteiger partial charge in [-0.05, 0) is 67.4 Å². The third-order valence-electron chi connectivity index (χ3n) is 7.55. The number of aryl methyl sites for hydroxylation is 1. The van der Waals surface area contributed by atoms with Crippen molar-refractivity contribution in [3.63, 3.8) is 0 Å². The molecule has 3 rings (SSSR count). The van der Waals surface area contributed by atoms with Crippen LogP contribution in [0.1, 0.15) is 49.8 Å². The van der Waals surface area contributed by atoms with E-state index in [-0.39, 0.29) is 43.7 Å². The van der Waals surface area contributed by atoms with Crippen LogP contribution < -0.4 is 28.0 Å². The third-order valence-corrected chi connectivity index (χ3v) is 7.55. The van der Waals surface area contributed by atoms with Gasteiger partial charge in [-0.1, -0.05) is 37.2 Å². The van der Waals surface area contributed by atoms with Crippen molar-refractivity contribution in [3.05, 3.63) is 65.0 Å². The Kier molecular flexibility index (Phi) is 11.6. The van der Waals surface area contributed by atoms with Crippen LogP contribution in [0.15, 0.2) is 42.5 Å². The minimum absolute atomic E-state index is 0.0640. The second kappa shape index (κ2) is 14.7. The predicted molar refractivity (Wildman–Crippen MR) is 159 cm³/mol. The number of rotatable bonds is 15. The van der Waals surface area contributed by atoms with Gasteiger partial charge >= 0.3 is 6.92 Å². The maximum absolute atomic E-state index is 13.5. The van der Waals surface area contributed by atoms with Crippen LogP contribution in [-0.2, 0) is 37.5 Å². The van der Waals surface area contributed by atoms with Crippen LogP contribution in [0.3, 0.4) is 0 Å². The van der Waals surface area contributed by atoms with Crippen molar-refractivity contribution in [1.29, 1.82) is 0 Å². The molecule has 2 amide bonds. The molecule has 222 valence electrons. The van der Waals surface area contributed by atoms with Gasteiger partial charge in [0, 0.05) is 39.0 Å². The summed E-state index contributed by atoms with van der Waals surface area (Å²) in [6, 6.07) is 10.2. The van der Waals surface area contributed by atoms with E-state index in [0.29, 0.717) is 39.0 Å². The number of Topliss-reactive ketones (excluding diaryl/α,β-unsaturated/α-hetero) is 1. The van der Waals surface area contributed by atoms with Crippen molar-refractivity contribution >= 4 is 30.0 Å². The highest BCUT2D eigenvalue weighted by atomic mass is 19.1. The molecule has 0 radical (unpaired) electrons. The first-order valence-electron chi connectivity index (χ1n) is 14.3. The lowest BCUT2D eigenvalue weighted by Gasteiger charge is -2.23. The monoisotopic (exact) mass is 567 g/mol. The van der Waals surface area contributed by atoms with Crippen molar-refractivity contribution in [1.82, 2.24) is 10.2 Å². The van der Waals surface area contributed by atoms with Gasteiger partial charge in [-0.2, -0.15) is 0 Å². The average Bonchev–Trinajstić information content (AvgIpc) is 3.16. The average molecular weight is 568 g/mol. The first-order chi connectivity index (χ1) is 19.4. The molecule has 41 heavy (non-hydrogen) atoms. The molecule has 9 nitrogen and oxygen atoms in total. The molecule has 0 spiro atoms. The number of carbonyl (C=O) groups excluding carboxylic acids is 3. The lowest BCUT2D eigenvalue weighted by Crippen LogP contribution is -2.49. The molecule has 2 atom stereocenters. The zero-order chi connectivity index (χ0) is 30.2. The molecule has 2 aromatic rings. The van der Waals surface area contributed by atoms with Crippen LogP contribution in [0.5, 0.6) is 0 Å². The van der Waals surface area contributed by atoms with E-state index in [1.165, 1.54) is 12.1 Å². The normalized spacial score (nSPS) is 15.2. The van der Waals surface area contributed by atoms with E-state index in [2.05, 4.69) is 5.32 Å². The number of hydrogen-bond acceptors (Lipinski definition) is 7. The Labute approximate surface area is 242 Å². The van der Waals surface area contributed by atoms with E-state index in [1.54, 1.807) is 17.0 Å². The topological polar surface area (TPSA) is 154 Å². The number of nitrogens with zero attached hydrogens (tertiary/aromatic N) is 1. The number of halogens is 1. The number of benzene rings is 2. The predicted octanol–water partition coefficient (Wildman–Crippen LogP) is 1.00. The van der Waals surface area contributed by atoms with Crippen LogP contribution in [0.2, 0.25) is 6.82 Å². The van der Waals surface area contributed by atoms with Crippen molar-refractivity contribution in [2.24, 2.45) is 17.2 Å². The molecule has 1 heterocycles. The molecule has 0 saturated carbocycles. The number of carbonyl (C=O) groups is 3. The van der Waals surface area contributed by atoms with E-state index in [4.69, 9.17) is 21.9 Å². The Bertz CT molecular complexity index is 1200. The molecule has 1 aliphatic heterocycles. The fourth-order valence-corrected chi connectivity index (χ4v) is 5.30. The van der Waals surface area contributed by atoms with Crippen LogP contribution in [0.4, 0.5) is 4.39 Å².